The summed E-state index contributed by atoms with van der Waals surface area (Å²) in [5, 5.41) is 6.43. The van der Waals surface area contributed by atoms with Crippen molar-refractivity contribution in [3.8, 4) is 0 Å². The van der Waals surface area contributed by atoms with E-state index in [4.69, 9.17) is 0 Å². The standard InChI is InChI=1S/C15H30N2O/c1-4-13-7-5-6-8-14(13)17-11-15(18)16-10-9-12(2)3/h12-14,17H,4-11H2,1-3H3,(H,16,18). The van der Waals surface area contributed by atoms with E-state index in [0.717, 1.165) is 18.9 Å². The molecule has 0 heterocycles. The smallest absolute Gasteiger partial charge is 0.233 e. The third-order valence-corrected chi connectivity index (χ3v) is 4.00. The van der Waals surface area contributed by atoms with Crippen molar-refractivity contribution in [3.63, 3.8) is 0 Å². The molecule has 18 heavy (non-hydrogen) atoms. The molecule has 1 aliphatic carbocycles. The Morgan fingerprint density at radius 2 is 2.00 bits per heavy atom. The van der Waals surface area contributed by atoms with Crippen LogP contribution in [0.25, 0.3) is 0 Å². The molecule has 0 saturated heterocycles. The summed E-state index contributed by atoms with van der Waals surface area (Å²) in [5.74, 6) is 1.57. The lowest BCUT2D eigenvalue weighted by Gasteiger charge is -2.31. The van der Waals surface area contributed by atoms with Crippen LogP contribution in [0.2, 0.25) is 0 Å². The van der Waals surface area contributed by atoms with Crippen LogP contribution in [0.1, 0.15) is 59.3 Å². The molecule has 2 unspecified atom stereocenters. The molecule has 1 amide bonds. The van der Waals surface area contributed by atoms with Crippen LogP contribution in [-0.4, -0.2) is 25.0 Å². The van der Waals surface area contributed by atoms with E-state index in [2.05, 4.69) is 31.4 Å². The summed E-state index contributed by atoms with van der Waals surface area (Å²) >= 11 is 0. The Morgan fingerprint density at radius 3 is 2.67 bits per heavy atom. The Hall–Kier alpha value is -0.570. The van der Waals surface area contributed by atoms with Crippen molar-refractivity contribution in [3.05, 3.63) is 0 Å². The minimum Gasteiger partial charge on any atom is -0.355 e. The molecule has 1 rings (SSSR count). The Balaban J connectivity index is 2.16. The van der Waals surface area contributed by atoms with Crippen molar-refractivity contribution in [2.45, 2.75) is 65.3 Å². The van der Waals surface area contributed by atoms with Crippen molar-refractivity contribution in [1.82, 2.24) is 10.6 Å². The molecule has 0 bridgehead atoms. The predicted molar refractivity (Wildman–Crippen MR) is 76.5 cm³/mol. The van der Waals surface area contributed by atoms with Gasteiger partial charge in [0.1, 0.15) is 0 Å². The summed E-state index contributed by atoms with van der Waals surface area (Å²) in [6.07, 6.45) is 7.51. The first-order valence-electron chi connectivity index (χ1n) is 7.63. The highest BCUT2D eigenvalue weighted by atomic mass is 16.1. The third-order valence-electron chi connectivity index (χ3n) is 4.00. The molecule has 3 heteroatoms. The topological polar surface area (TPSA) is 41.1 Å². The largest absolute Gasteiger partial charge is 0.355 e. The van der Waals surface area contributed by atoms with E-state index in [1.54, 1.807) is 0 Å². The van der Waals surface area contributed by atoms with E-state index in [0.29, 0.717) is 18.5 Å². The van der Waals surface area contributed by atoms with Gasteiger partial charge in [0.05, 0.1) is 6.54 Å². The van der Waals surface area contributed by atoms with Crippen molar-refractivity contribution in [2.24, 2.45) is 11.8 Å². The van der Waals surface area contributed by atoms with Gasteiger partial charge in [-0.1, -0.05) is 40.0 Å². The minimum absolute atomic E-state index is 0.149. The molecular weight excluding hydrogens is 224 g/mol. The van der Waals surface area contributed by atoms with Gasteiger partial charge in [0.2, 0.25) is 5.91 Å². The Kier molecular flexibility index (Phi) is 7.33. The summed E-state index contributed by atoms with van der Waals surface area (Å²) in [6, 6.07) is 0.555. The first-order chi connectivity index (χ1) is 8.63. The number of hydrogen-bond acceptors (Lipinski definition) is 2. The SMILES string of the molecule is CCC1CCCCC1NCC(=O)NCCC(C)C. The molecule has 1 fully saturated rings. The second-order valence-electron chi connectivity index (χ2n) is 5.97. The fourth-order valence-corrected chi connectivity index (χ4v) is 2.75. The molecule has 106 valence electrons. The molecule has 0 aromatic rings. The second kappa shape index (κ2) is 8.52. The molecule has 0 aliphatic heterocycles. The normalized spacial score (nSPS) is 24.2. The highest BCUT2D eigenvalue weighted by Gasteiger charge is 2.23. The van der Waals surface area contributed by atoms with Crippen LogP contribution in [0.4, 0.5) is 0 Å². The van der Waals surface area contributed by atoms with E-state index in [9.17, 15) is 4.79 Å². The zero-order chi connectivity index (χ0) is 13.4. The molecule has 0 aromatic carbocycles. The van der Waals surface area contributed by atoms with Crippen LogP contribution < -0.4 is 10.6 Å². The van der Waals surface area contributed by atoms with E-state index in [-0.39, 0.29) is 5.91 Å². The van der Waals surface area contributed by atoms with Crippen LogP contribution in [0, 0.1) is 11.8 Å². The quantitative estimate of drug-likeness (QED) is 0.733. The number of carbonyl (C=O) groups is 1. The van der Waals surface area contributed by atoms with E-state index < -0.39 is 0 Å². The lowest BCUT2D eigenvalue weighted by molar-refractivity contribution is -0.120. The fourth-order valence-electron chi connectivity index (χ4n) is 2.75. The minimum atomic E-state index is 0.149. The van der Waals surface area contributed by atoms with Gasteiger partial charge < -0.3 is 10.6 Å². The van der Waals surface area contributed by atoms with Gasteiger partial charge in [0.15, 0.2) is 0 Å². The summed E-state index contributed by atoms with van der Waals surface area (Å²) in [4.78, 5) is 11.7. The van der Waals surface area contributed by atoms with E-state index in [1.807, 2.05) is 0 Å². The highest BCUT2D eigenvalue weighted by Crippen LogP contribution is 2.26. The summed E-state index contributed by atoms with van der Waals surface area (Å²) in [5.41, 5.74) is 0. The monoisotopic (exact) mass is 254 g/mol. The van der Waals surface area contributed by atoms with Gasteiger partial charge in [0.25, 0.3) is 0 Å². The van der Waals surface area contributed by atoms with Gasteiger partial charge in [-0.25, -0.2) is 0 Å². The van der Waals surface area contributed by atoms with E-state index >= 15 is 0 Å². The van der Waals surface area contributed by atoms with Gasteiger partial charge in [0, 0.05) is 12.6 Å². The first-order valence-corrected chi connectivity index (χ1v) is 7.63. The maximum Gasteiger partial charge on any atom is 0.233 e. The lowest BCUT2D eigenvalue weighted by Crippen LogP contribution is -2.44. The lowest BCUT2D eigenvalue weighted by atomic mass is 9.83. The zero-order valence-electron chi connectivity index (χ0n) is 12.3. The molecule has 1 aliphatic rings. The highest BCUT2D eigenvalue weighted by molar-refractivity contribution is 5.77. The van der Waals surface area contributed by atoms with Crippen molar-refractivity contribution in [1.29, 1.82) is 0 Å². The number of carbonyl (C=O) groups excluding carboxylic acids is 1. The summed E-state index contributed by atoms with van der Waals surface area (Å²) < 4.78 is 0. The molecule has 3 nitrogen and oxygen atoms in total. The van der Waals surface area contributed by atoms with Crippen LogP contribution >= 0.6 is 0 Å². The van der Waals surface area contributed by atoms with Crippen LogP contribution in [0.5, 0.6) is 0 Å². The van der Waals surface area contributed by atoms with E-state index in [1.165, 1.54) is 32.1 Å². The second-order valence-corrected chi connectivity index (χ2v) is 5.97. The molecule has 0 radical (unpaired) electrons. The Bertz CT molecular complexity index is 241. The average molecular weight is 254 g/mol. The maximum absolute atomic E-state index is 11.7. The molecule has 2 atom stereocenters. The van der Waals surface area contributed by atoms with Crippen LogP contribution in [-0.2, 0) is 4.79 Å². The molecule has 1 saturated carbocycles. The number of nitrogens with one attached hydrogen (secondary N) is 2. The van der Waals surface area contributed by atoms with Crippen LogP contribution in [0.15, 0.2) is 0 Å². The Morgan fingerprint density at radius 1 is 1.28 bits per heavy atom. The molecule has 0 aromatic heterocycles. The van der Waals surface area contributed by atoms with Gasteiger partial charge in [-0.3, -0.25) is 4.79 Å². The average Bonchev–Trinajstić information content (AvgIpc) is 2.36. The third kappa shape index (κ3) is 5.85. The first kappa shape index (κ1) is 15.5. The summed E-state index contributed by atoms with van der Waals surface area (Å²) in [6.45, 7) is 7.91. The fraction of sp³-hybridized carbons (Fsp3) is 0.933. The van der Waals surface area contributed by atoms with Crippen molar-refractivity contribution >= 4 is 5.91 Å². The number of hydrogen-bond donors (Lipinski definition) is 2. The van der Waals surface area contributed by atoms with Crippen molar-refractivity contribution in [2.75, 3.05) is 13.1 Å². The maximum atomic E-state index is 11.7. The van der Waals surface area contributed by atoms with Gasteiger partial charge in [-0.2, -0.15) is 0 Å². The van der Waals surface area contributed by atoms with Gasteiger partial charge in [-0.15, -0.1) is 0 Å². The number of rotatable bonds is 7. The molecular formula is C15H30N2O. The van der Waals surface area contributed by atoms with Crippen LogP contribution in [0.3, 0.4) is 0 Å². The Labute approximate surface area is 112 Å². The molecule has 0 spiro atoms. The van der Waals surface area contributed by atoms with Crippen molar-refractivity contribution < 1.29 is 4.79 Å². The molecule has 2 N–H and O–H groups in total. The summed E-state index contributed by atoms with van der Waals surface area (Å²) in [7, 11) is 0. The van der Waals surface area contributed by atoms with Gasteiger partial charge >= 0.3 is 0 Å². The van der Waals surface area contributed by atoms with Gasteiger partial charge in [-0.05, 0) is 31.1 Å². The predicted octanol–water partition coefficient (Wildman–Crippen LogP) is 2.71. The zero-order valence-corrected chi connectivity index (χ0v) is 12.3. The number of amides is 1.